The highest BCUT2D eigenvalue weighted by Gasteiger charge is 2.19. The summed E-state index contributed by atoms with van der Waals surface area (Å²) >= 11 is 0. The van der Waals surface area contributed by atoms with E-state index in [0.717, 1.165) is 116 Å². The lowest BCUT2D eigenvalue weighted by Crippen LogP contribution is -2.30. The van der Waals surface area contributed by atoms with E-state index in [1.54, 1.807) is 0 Å². The van der Waals surface area contributed by atoms with Crippen LogP contribution in [0.15, 0.2) is 97.2 Å². The molecule has 0 saturated carbocycles. The average molecular weight is 1160 g/mol. The smallest absolute Gasteiger partial charge is 0.306 e. The predicted octanol–water partition coefficient (Wildman–Crippen LogP) is 24.8. The molecule has 0 aliphatic carbocycles. The van der Waals surface area contributed by atoms with Gasteiger partial charge in [-0.2, -0.15) is 0 Å². The Labute approximate surface area is 515 Å². The van der Waals surface area contributed by atoms with Gasteiger partial charge in [0.25, 0.3) is 0 Å². The van der Waals surface area contributed by atoms with Gasteiger partial charge in [-0.15, -0.1) is 0 Å². The lowest BCUT2D eigenvalue weighted by molar-refractivity contribution is -0.167. The van der Waals surface area contributed by atoms with Crippen LogP contribution in [0, 0.1) is 0 Å². The molecule has 1 unspecified atom stereocenters. The molecule has 0 heterocycles. The minimum Gasteiger partial charge on any atom is -0.462 e. The van der Waals surface area contributed by atoms with E-state index < -0.39 is 6.10 Å². The van der Waals surface area contributed by atoms with Gasteiger partial charge in [-0.3, -0.25) is 14.4 Å². The Bertz CT molecular complexity index is 1610. The summed E-state index contributed by atoms with van der Waals surface area (Å²) in [7, 11) is 0. The monoisotopic (exact) mass is 1160 g/mol. The third-order valence-electron chi connectivity index (χ3n) is 15.6. The lowest BCUT2D eigenvalue weighted by atomic mass is 10.0. The second-order valence-electron chi connectivity index (χ2n) is 23.8. The summed E-state index contributed by atoms with van der Waals surface area (Å²) in [5, 5.41) is 0. The van der Waals surface area contributed by atoms with Crippen LogP contribution in [0.2, 0.25) is 0 Å². The van der Waals surface area contributed by atoms with E-state index in [9.17, 15) is 14.4 Å². The number of hydrogen-bond acceptors (Lipinski definition) is 6. The minimum atomic E-state index is -0.781. The number of unbranched alkanes of at least 4 members (excludes halogenated alkanes) is 38. The molecule has 0 aromatic carbocycles. The number of carbonyl (C=O) groups is 3. The number of hydrogen-bond donors (Lipinski definition) is 0. The van der Waals surface area contributed by atoms with Crippen molar-refractivity contribution >= 4 is 17.9 Å². The largest absolute Gasteiger partial charge is 0.462 e. The molecule has 6 nitrogen and oxygen atoms in total. The minimum absolute atomic E-state index is 0.0793. The zero-order chi connectivity index (χ0) is 59.9. The molecule has 83 heavy (non-hydrogen) atoms. The quantitative estimate of drug-likeness (QED) is 0.0261. The third-order valence-corrected chi connectivity index (χ3v) is 15.6. The number of ether oxygens (including phenoxy) is 3. The molecule has 0 bridgehead atoms. The van der Waals surface area contributed by atoms with Crippen LogP contribution >= 0.6 is 0 Å². The van der Waals surface area contributed by atoms with E-state index in [1.807, 2.05) is 0 Å². The first-order valence-corrected chi connectivity index (χ1v) is 35.7. The van der Waals surface area contributed by atoms with Crippen LogP contribution < -0.4 is 0 Å². The fourth-order valence-corrected chi connectivity index (χ4v) is 10.2. The molecule has 0 fully saturated rings. The first-order chi connectivity index (χ1) is 41.0. The van der Waals surface area contributed by atoms with Crippen LogP contribution in [0.4, 0.5) is 0 Å². The van der Waals surface area contributed by atoms with E-state index in [2.05, 4.69) is 118 Å². The van der Waals surface area contributed by atoms with Gasteiger partial charge in [0.2, 0.25) is 0 Å². The summed E-state index contributed by atoms with van der Waals surface area (Å²) in [5.74, 6) is -0.892. The predicted molar refractivity (Wildman–Crippen MR) is 362 cm³/mol. The highest BCUT2D eigenvalue weighted by atomic mass is 16.6. The van der Waals surface area contributed by atoms with E-state index in [0.29, 0.717) is 19.3 Å². The highest BCUT2D eigenvalue weighted by molar-refractivity contribution is 5.71. The molecule has 0 rings (SSSR count). The Balaban J connectivity index is 4.00. The Morgan fingerprint density at radius 2 is 0.470 bits per heavy atom. The molecule has 1 atom stereocenters. The fraction of sp³-hybridized carbons (Fsp3) is 0.753. The van der Waals surface area contributed by atoms with Gasteiger partial charge in [0.05, 0.1) is 0 Å². The van der Waals surface area contributed by atoms with Gasteiger partial charge < -0.3 is 14.2 Å². The maximum atomic E-state index is 12.9. The van der Waals surface area contributed by atoms with Crippen LogP contribution in [-0.2, 0) is 28.6 Å². The Morgan fingerprint density at radius 1 is 0.253 bits per heavy atom. The second-order valence-corrected chi connectivity index (χ2v) is 23.8. The van der Waals surface area contributed by atoms with Gasteiger partial charge in [0.15, 0.2) is 6.10 Å². The van der Waals surface area contributed by atoms with Crippen molar-refractivity contribution in [1.29, 1.82) is 0 Å². The molecule has 0 N–H and O–H groups in total. The molecule has 0 aromatic rings. The molecule has 0 saturated heterocycles. The molecule has 478 valence electrons. The van der Waals surface area contributed by atoms with Crippen LogP contribution in [-0.4, -0.2) is 37.2 Å². The summed E-state index contributed by atoms with van der Waals surface area (Å²) in [4.78, 5) is 38.0. The Morgan fingerprint density at radius 3 is 0.747 bits per heavy atom. The highest BCUT2D eigenvalue weighted by Crippen LogP contribution is 2.18. The van der Waals surface area contributed by atoms with Gasteiger partial charge in [-0.05, 0) is 103 Å². The first kappa shape index (κ1) is 79.3. The normalized spacial score (nSPS) is 12.7. The SMILES string of the molecule is CC/C=C\C/C=C\C/C=C\C/C=C\C/C=C\C/C=C\C/C=C\CCCCCCCCCC(=O)OC(COC(=O)CCCCCCC)COC(=O)CCCCCCCCCCCCCCCCCCCCC/C=C\CCCCCCCCCC. The zero-order valence-corrected chi connectivity index (χ0v) is 54.9. The fourth-order valence-electron chi connectivity index (χ4n) is 10.2. The zero-order valence-electron chi connectivity index (χ0n) is 54.9. The molecular weight excluding hydrogens is 1020 g/mol. The van der Waals surface area contributed by atoms with Crippen LogP contribution in [0.3, 0.4) is 0 Å². The number of esters is 3. The Kier molecular flexibility index (Phi) is 67.7. The lowest BCUT2D eigenvalue weighted by Gasteiger charge is -2.18. The summed E-state index contributed by atoms with van der Waals surface area (Å²) in [6.45, 7) is 6.47. The van der Waals surface area contributed by atoms with Crippen LogP contribution in [0.25, 0.3) is 0 Å². The van der Waals surface area contributed by atoms with Gasteiger partial charge in [-0.25, -0.2) is 0 Å². The van der Waals surface area contributed by atoms with Crippen molar-refractivity contribution in [2.45, 2.75) is 361 Å². The van der Waals surface area contributed by atoms with Crippen molar-refractivity contribution in [3.63, 3.8) is 0 Å². The first-order valence-electron chi connectivity index (χ1n) is 35.7. The molecular formula is C77H134O6. The second kappa shape index (κ2) is 70.8. The summed E-state index contributed by atoms with van der Waals surface area (Å²) in [5.41, 5.74) is 0. The standard InChI is InChI=1S/C77H134O6/c1-4-7-10-13-15-17-19-21-23-25-27-29-31-33-35-37-38-40-41-43-45-47-49-51-53-55-57-59-61-64-67-70-76(79)82-73-74(72-81-75(78)69-66-63-12-9-6-3)83-77(80)71-68-65-62-60-58-56-54-52-50-48-46-44-42-39-36-34-32-30-28-26-24-22-20-18-16-14-11-8-5-2/h8,11,16,18,22,24-25,27-28,30,34,36,42,44,48,50,74H,4-7,9-10,12-15,17,19-21,23,26,29,31-33,35,37-41,43,45-47,49,51-73H2,1-3H3/b11-8-,18-16-,24-22-,27-25-,30-28-,36-34-,44-42-,50-48-. The molecule has 0 spiro atoms. The average Bonchev–Trinajstić information content (AvgIpc) is 3.48. The molecule has 0 aliphatic rings. The van der Waals surface area contributed by atoms with E-state index in [-0.39, 0.29) is 31.1 Å². The molecule has 0 aromatic heterocycles. The summed E-state index contributed by atoms with van der Waals surface area (Å²) in [6.07, 6.45) is 96.4. The van der Waals surface area contributed by atoms with Crippen molar-refractivity contribution < 1.29 is 28.6 Å². The van der Waals surface area contributed by atoms with Gasteiger partial charge in [0.1, 0.15) is 13.2 Å². The summed E-state index contributed by atoms with van der Waals surface area (Å²) in [6, 6.07) is 0. The third kappa shape index (κ3) is 69.0. The topological polar surface area (TPSA) is 78.9 Å². The van der Waals surface area contributed by atoms with E-state index in [1.165, 1.54) is 199 Å². The van der Waals surface area contributed by atoms with Crippen molar-refractivity contribution in [2.24, 2.45) is 0 Å². The van der Waals surface area contributed by atoms with Crippen molar-refractivity contribution in [3.05, 3.63) is 97.2 Å². The van der Waals surface area contributed by atoms with Crippen molar-refractivity contribution in [3.8, 4) is 0 Å². The van der Waals surface area contributed by atoms with Crippen molar-refractivity contribution in [1.82, 2.24) is 0 Å². The number of allylic oxidation sites excluding steroid dienone is 16. The number of carbonyl (C=O) groups excluding carboxylic acids is 3. The molecule has 0 amide bonds. The Hall–Kier alpha value is -3.67. The maximum Gasteiger partial charge on any atom is 0.306 e. The number of rotatable bonds is 65. The maximum absolute atomic E-state index is 12.9. The molecule has 0 radical (unpaired) electrons. The van der Waals surface area contributed by atoms with Crippen molar-refractivity contribution in [2.75, 3.05) is 13.2 Å². The molecule has 6 heteroatoms. The van der Waals surface area contributed by atoms with Crippen LogP contribution in [0.1, 0.15) is 355 Å². The van der Waals surface area contributed by atoms with Gasteiger partial charge in [0, 0.05) is 19.3 Å². The van der Waals surface area contributed by atoms with Gasteiger partial charge >= 0.3 is 17.9 Å². The van der Waals surface area contributed by atoms with E-state index in [4.69, 9.17) is 14.2 Å². The molecule has 0 aliphatic heterocycles. The summed E-state index contributed by atoms with van der Waals surface area (Å²) < 4.78 is 16.8. The van der Waals surface area contributed by atoms with E-state index >= 15 is 0 Å². The van der Waals surface area contributed by atoms with Gasteiger partial charge in [-0.1, -0.05) is 330 Å². The van der Waals surface area contributed by atoms with Crippen LogP contribution in [0.5, 0.6) is 0 Å².